The van der Waals surface area contributed by atoms with Gasteiger partial charge in [-0.1, -0.05) is 24.3 Å². The second kappa shape index (κ2) is 8.69. The van der Waals surface area contributed by atoms with Gasteiger partial charge in [-0.2, -0.15) is 0 Å². The number of ether oxygens (including phenoxy) is 1. The minimum Gasteiger partial charge on any atom is -0.494 e. The number of anilines is 1. The number of aromatic amines is 1. The maximum absolute atomic E-state index is 15.1. The maximum Gasteiger partial charge on any atom is 0.346 e. The molecule has 3 N–H and O–H groups in total. The zero-order chi connectivity index (χ0) is 24.7. The number of hydrogen-bond acceptors (Lipinski definition) is 7. The number of rotatable bonds is 6. The molecule has 0 aliphatic heterocycles. The normalized spacial score (nSPS) is 11.1. The Hall–Kier alpha value is -4.51. The van der Waals surface area contributed by atoms with Crippen LogP contribution in [0.1, 0.15) is 15.2 Å². The van der Waals surface area contributed by atoms with Crippen molar-refractivity contribution >= 4 is 44.8 Å². The lowest BCUT2D eigenvalue weighted by atomic mass is 10.1. The van der Waals surface area contributed by atoms with Gasteiger partial charge in [-0.25, -0.2) is 18.5 Å². The highest BCUT2D eigenvalue weighted by atomic mass is 32.1. The van der Waals surface area contributed by atoms with Crippen LogP contribution in [0.25, 0.3) is 27.5 Å². The highest BCUT2D eigenvalue weighted by Crippen LogP contribution is 2.30. The quantitative estimate of drug-likeness (QED) is 0.330. The third-order valence-corrected chi connectivity index (χ3v) is 6.51. The van der Waals surface area contributed by atoms with Crippen molar-refractivity contribution in [2.45, 2.75) is 6.54 Å². The van der Waals surface area contributed by atoms with Gasteiger partial charge in [0, 0.05) is 29.6 Å². The second-order valence-corrected chi connectivity index (χ2v) is 8.46. The van der Waals surface area contributed by atoms with Gasteiger partial charge in [0.1, 0.15) is 10.6 Å². The van der Waals surface area contributed by atoms with E-state index in [-0.39, 0.29) is 27.2 Å². The first kappa shape index (κ1) is 22.3. The highest BCUT2D eigenvalue weighted by molar-refractivity contribution is 7.13. The molecule has 2 aromatic carbocycles. The summed E-state index contributed by atoms with van der Waals surface area (Å²) in [5.74, 6) is -2.05. The molecule has 0 amide bonds. The summed E-state index contributed by atoms with van der Waals surface area (Å²) in [6.45, 7) is 0.299. The topological polar surface area (TPSA) is 126 Å². The lowest BCUT2D eigenvalue weighted by molar-refractivity contribution is 0.0704. The molecule has 5 rings (SSSR count). The van der Waals surface area contributed by atoms with E-state index in [1.807, 2.05) is 30.3 Å². The van der Waals surface area contributed by atoms with Gasteiger partial charge in [-0.05, 0) is 17.7 Å². The standard InChI is InChI=1S/C24H17FN4O5S/c1-34-18-8-14(25)17(29-22(30)19-16(28-24(29)33)11-35-21(19)23(31)32)9-15(18)27-10-13-5-2-4-12-6-3-7-26-20(12)13/h2-9,11,27H,10H2,1H3,(H,28,33)(H,31,32). The predicted octanol–water partition coefficient (Wildman–Crippen LogP) is 3.75. The molecule has 0 aliphatic rings. The Balaban J connectivity index is 1.62. The van der Waals surface area contributed by atoms with Gasteiger partial charge in [-0.15, -0.1) is 11.3 Å². The fourth-order valence-corrected chi connectivity index (χ4v) is 4.76. The molecule has 9 nitrogen and oxygen atoms in total. The molecule has 0 radical (unpaired) electrons. The Morgan fingerprint density at radius 2 is 2.06 bits per heavy atom. The van der Waals surface area contributed by atoms with E-state index in [0.717, 1.165) is 33.9 Å². The third-order valence-electron chi connectivity index (χ3n) is 5.54. The number of fused-ring (bicyclic) bond motifs is 2. The van der Waals surface area contributed by atoms with Crippen LogP contribution < -0.4 is 21.3 Å². The molecule has 11 heteroatoms. The summed E-state index contributed by atoms with van der Waals surface area (Å²) in [4.78, 5) is 44.0. The smallest absolute Gasteiger partial charge is 0.346 e. The summed E-state index contributed by atoms with van der Waals surface area (Å²) in [7, 11) is 1.37. The van der Waals surface area contributed by atoms with Crippen LogP contribution in [0.3, 0.4) is 0 Å². The first-order valence-corrected chi connectivity index (χ1v) is 11.2. The number of pyridine rings is 1. The van der Waals surface area contributed by atoms with E-state index < -0.39 is 23.0 Å². The Labute approximate surface area is 200 Å². The summed E-state index contributed by atoms with van der Waals surface area (Å²) in [5, 5.41) is 14.7. The molecule has 176 valence electrons. The van der Waals surface area contributed by atoms with Crippen molar-refractivity contribution in [2.24, 2.45) is 0 Å². The molecular formula is C24H17FN4O5S. The number of aromatic carboxylic acids is 1. The van der Waals surface area contributed by atoms with Gasteiger partial charge in [0.05, 0.1) is 34.9 Å². The Kier molecular flexibility index (Phi) is 5.53. The largest absolute Gasteiger partial charge is 0.494 e. The number of para-hydroxylation sites is 1. The van der Waals surface area contributed by atoms with Crippen molar-refractivity contribution in [1.82, 2.24) is 14.5 Å². The van der Waals surface area contributed by atoms with Crippen molar-refractivity contribution < 1.29 is 19.0 Å². The van der Waals surface area contributed by atoms with E-state index in [1.54, 1.807) is 6.20 Å². The molecule has 0 saturated heterocycles. The zero-order valence-corrected chi connectivity index (χ0v) is 19.0. The van der Waals surface area contributed by atoms with Crippen molar-refractivity contribution in [3.63, 3.8) is 0 Å². The lowest BCUT2D eigenvalue weighted by Crippen LogP contribution is -2.34. The predicted molar refractivity (Wildman–Crippen MR) is 131 cm³/mol. The summed E-state index contributed by atoms with van der Waals surface area (Å²) in [6.07, 6.45) is 1.69. The first-order valence-electron chi connectivity index (χ1n) is 10.3. The molecule has 0 unspecified atom stereocenters. The van der Waals surface area contributed by atoms with Gasteiger partial charge in [0.2, 0.25) is 0 Å². The lowest BCUT2D eigenvalue weighted by Gasteiger charge is -2.15. The number of hydrogen-bond donors (Lipinski definition) is 3. The molecular weight excluding hydrogens is 475 g/mol. The van der Waals surface area contributed by atoms with Crippen LogP contribution in [0.15, 0.2) is 63.6 Å². The summed E-state index contributed by atoms with van der Waals surface area (Å²) in [5.41, 5.74) is -0.111. The Morgan fingerprint density at radius 1 is 1.26 bits per heavy atom. The van der Waals surface area contributed by atoms with Gasteiger partial charge in [0.25, 0.3) is 5.56 Å². The summed E-state index contributed by atoms with van der Waals surface area (Å²) >= 11 is 0.803. The Morgan fingerprint density at radius 3 is 2.83 bits per heavy atom. The number of halogens is 1. The summed E-state index contributed by atoms with van der Waals surface area (Å²) < 4.78 is 21.0. The number of aromatic nitrogens is 3. The van der Waals surface area contributed by atoms with Crippen molar-refractivity contribution in [2.75, 3.05) is 12.4 Å². The van der Waals surface area contributed by atoms with Gasteiger partial charge in [0.15, 0.2) is 5.82 Å². The van der Waals surface area contributed by atoms with Crippen molar-refractivity contribution in [3.05, 3.63) is 91.1 Å². The zero-order valence-electron chi connectivity index (χ0n) is 18.2. The van der Waals surface area contributed by atoms with E-state index >= 15 is 4.39 Å². The number of methoxy groups -OCH3 is 1. The summed E-state index contributed by atoms with van der Waals surface area (Å²) in [6, 6.07) is 11.8. The highest BCUT2D eigenvalue weighted by Gasteiger charge is 2.21. The molecule has 0 spiro atoms. The molecule has 3 heterocycles. The number of nitrogens with one attached hydrogen (secondary N) is 2. The number of carboxylic acids is 1. The molecule has 0 aliphatic carbocycles. The Bertz CT molecular complexity index is 1740. The van der Waals surface area contributed by atoms with Crippen molar-refractivity contribution in [1.29, 1.82) is 0 Å². The second-order valence-electron chi connectivity index (χ2n) is 7.58. The fraction of sp³-hybridized carbons (Fsp3) is 0.0833. The van der Waals surface area contributed by atoms with Crippen LogP contribution in [0.4, 0.5) is 10.1 Å². The van der Waals surface area contributed by atoms with Crippen LogP contribution in [0.5, 0.6) is 5.75 Å². The van der Waals surface area contributed by atoms with Crippen LogP contribution >= 0.6 is 11.3 Å². The average molecular weight is 492 g/mol. The number of carboxylic acid groups (broad SMARTS) is 1. The number of thiophene rings is 1. The minimum absolute atomic E-state index is 0.0781. The average Bonchev–Trinajstić information content (AvgIpc) is 3.28. The van der Waals surface area contributed by atoms with Crippen LogP contribution in [0, 0.1) is 5.82 Å². The van der Waals surface area contributed by atoms with Crippen LogP contribution in [-0.4, -0.2) is 32.7 Å². The van der Waals surface area contributed by atoms with Crippen molar-refractivity contribution in [3.8, 4) is 11.4 Å². The minimum atomic E-state index is -1.32. The van der Waals surface area contributed by atoms with Crippen LogP contribution in [-0.2, 0) is 6.54 Å². The molecule has 3 aromatic heterocycles. The SMILES string of the molecule is COc1cc(F)c(-n2c(=O)[nH]c3csc(C(=O)O)c3c2=O)cc1NCc1cccc2cccnc12. The maximum atomic E-state index is 15.1. The van der Waals surface area contributed by atoms with E-state index in [0.29, 0.717) is 16.8 Å². The molecule has 0 saturated carbocycles. The molecule has 5 aromatic rings. The number of carbonyl (C=O) groups is 1. The molecule has 35 heavy (non-hydrogen) atoms. The van der Waals surface area contributed by atoms with E-state index in [1.165, 1.54) is 18.6 Å². The fourth-order valence-electron chi connectivity index (χ4n) is 3.94. The van der Waals surface area contributed by atoms with Gasteiger partial charge >= 0.3 is 11.7 Å². The third kappa shape index (κ3) is 3.81. The first-order chi connectivity index (χ1) is 16.9. The molecule has 0 fully saturated rings. The van der Waals surface area contributed by atoms with Crippen LogP contribution in [0.2, 0.25) is 0 Å². The van der Waals surface area contributed by atoms with E-state index in [4.69, 9.17) is 4.74 Å². The van der Waals surface area contributed by atoms with E-state index in [2.05, 4.69) is 15.3 Å². The van der Waals surface area contributed by atoms with E-state index in [9.17, 15) is 19.5 Å². The van der Waals surface area contributed by atoms with Gasteiger partial charge in [-0.3, -0.25) is 9.78 Å². The molecule has 0 bridgehead atoms. The van der Waals surface area contributed by atoms with Gasteiger partial charge < -0.3 is 20.1 Å². The number of nitrogens with zero attached hydrogens (tertiary/aromatic N) is 2. The number of benzene rings is 2. The number of H-pyrrole nitrogens is 1. The monoisotopic (exact) mass is 492 g/mol. The molecule has 0 atom stereocenters.